The zero-order valence-corrected chi connectivity index (χ0v) is 9.24. The predicted molar refractivity (Wildman–Crippen MR) is 55.6 cm³/mol. The molecule has 0 aromatic carbocycles. The van der Waals surface area contributed by atoms with Crippen molar-refractivity contribution < 1.29 is 9.53 Å². The Balaban J connectivity index is 2.48. The largest absolute Gasteiger partial charge is 0.464 e. The van der Waals surface area contributed by atoms with Gasteiger partial charge in [-0.25, -0.2) is 9.36 Å². The highest BCUT2D eigenvalue weighted by molar-refractivity contribution is 7.71. The van der Waals surface area contributed by atoms with E-state index in [4.69, 9.17) is 17.0 Å². The van der Waals surface area contributed by atoms with Gasteiger partial charge in [0.1, 0.15) is 6.54 Å². The lowest BCUT2D eigenvalue weighted by Crippen LogP contribution is -2.15. The maximum absolute atomic E-state index is 11.2. The number of hydrogen-bond donors (Lipinski definition) is 0. The lowest BCUT2D eigenvalue weighted by molar-refractivity contribution is -0.144. The van der Waals surface area contributed by atoms with Crippen LogP contribution in [0.15, 0.2) is 12.7 Å². The van der Waals surface area contributed by atoms with Crippen molar-refractivity contribution in [2.75, 3.05) is 6.61 Å². The summed E-state index contributed by atoms with van der Waals surface area (Å²) < 4.78 is 8.00. The summed E-state index contributed by atoms with van der Waals surface area (Å²) >= 11 is 4.96. The van der Waals surface area contributed by atoms with E-state index in [0.717, 1.165) is 0 Å². The van der Waals surface area contributed by atoms with Crippen molar-refractivity contribution in [1.82, 2.24) is 19.8 Å². The average molecular weight is 228 g/mol. The van der Waals surface area contributed by atoms with Gasteiger partial charge in [-0.05, 0) is 29.1 Å². The molecule has 0 aliphatic heterocycles. The molecular formula is C8H12N4O2S. The third-order valence-electron chi connectivity index (χ3n) is 1.64. The lowest BCUT2D eigenvalue weighted by Gasteiger charge is -2.01. The molecule has 82 valence electrons. The molecule has 0 amide bonds. The van der Waals surface area contributed by atoms with Crippen LogP contribution < -0.4 is 0 Å². The highest BCUT2D eigenvalue weighted by atomic mass is 32.1. The van der Waals surface area contributed by atoms with Gasteiger partial charge in [0, 0.05) is 7.05 Å². The van der Waals surface area contributed by atoms with E-state index >= 15 is 0 Å². The summed E-state index contributed by atoms with van der Waals surface area (Å²) in [6.45, 7) is 3.84. The zero-order chi connectivity index (χ0) is 11.3. The Morgan fingerprint density at radius 1 is 1.67 bits per heavy atom. The molecule has 1 aromatic heterocycles. The normalized spacial score (nSPS) is 9.93. The van der Waals surface area contributed by atoms with Gasteiger partial charge >= 0.3 is 5.97 Å². The molecule has 1 heterocycles. The Morgan fingerprint density at radius 2 is 2.40 bits per heavy atom. The summed E-state index contributed by atoms with van der Waals surface area (Å²) in [6, 6.07) is 0. The second kappa shape index (κ2) is 5.40. The SMILES string of the molecule is C=CCCOC(=O)Cn1nnn(C)c1=S. The lowest BCUT2D eigenvalue weighted by atomic mass is 10.4. The summed E-state index contributed by atoms with van der Waals surface area (Å²) in [5.41, 5.74) is 0. The van der Waals surface area contributed by atoms with Crippen molar-refractivity contribution in [1.29, 1.82) is 0 Å². The van der Waals surface area contributed by atoms with Crippen LogP contribution in [0.2, 0.25) is 0 Å². The van der Waals surface area contributed by atoms with E-state index in [1.807, 2.05) is 0 Å². The molecule has 0 bridgehead atoms. The molecule has 6 nitrogen and oxygen atoms in total. The minimum Gasteiger partial charge on any atom is -0.464 e. The number of aromatic nitrogens is 4. The first-order chi connectivity index (χ1) is 7.15. The number of rotatable bonds is 5. The van der Waals surface area contributed by atoms with Crippen LogP contribution in [0.4, 0.5) is 0 Å². The zero-order valence-electron chi connectivity index (χ0n) is 8.42. The first-order valence-electron chi connectivity index (χ1n) is 4.38. The van der Waals surface area contributed by atoms with Crippen molar-refractivity contribution in [3.05, 3.63) is 17.4 Å². The fourth-order valence-corrected chi connectivity index (χ4v) is 1.01. The number of aryl methyl sites for hydroxylation is 1. The van der Waals surface area contributed by atoms with Crippen LogP contribution >= 0.6 is 12.2 Å². The van der Waals surface area contributed by atoms with Crippen LogP contribution in [-0.2, 0) is 23.1 Å². The highest BCUT2D eigenvalue weighted by Gasteiger charge is 2.07. The van der Waals surface area contributed by atoms with Crippen molar-refractivity contribution in [2.45, 2.75) is 13.0 Å². The number of esters is 1. The number of ether oxygens (including phenoxy) is 1. The highest BCUT2D eigenvalue weighted by Crippen LogP contribution is 1.91. The van der Waals surface area contributed by atoms with Crippen molar-refractivity contribution >= 4 is 18.2 Å². The number of carbonyl (C=O) groups is 1. The van der Waals surface area contributed by atoms with E-state index < -0.39 is 0 Å². The maximum atomic E-state index is 11.2. The number of hydrogen-bond acceptors (Lipinski definition) is 5. The minimum absolute atomic E-state index is 0.0101. The average Bonchev–Trinajstić information content (AvgIpc) is 2.50. The molecule has 0 unspecified atom stereocenters. The monoisotopic (exact) mass is 228 g/mol. The van der Waals surface area contributed by atoms with Gasteiger partial charge in [0.05, 0.1) is 6.61 Å². The third-order valence-corrected chi connectivity index (χ3v) is 2.12. The molecule has 7 heteroatoms. The van der Waals surface area contributed by atoms with E-state index in [1.165, 1.54) is 9.36 Å². The van der Waals surface area contributed by atoms with Crippen LogP contribution in [0.1, 0.15) is 6.42 Å². The number of carbonyl (C=O) groups excluding carboxylic acids is 1. The molecule has 0 saturated heterocycles. The molecular weight excluding hydrogens is 216 g/mol. The smallest absolute Gasteiger partial charge is 0.327 e. The van der Waals surface area contributed by atoms with E-state index in [-0.39, 0.29) is 12.5 Å². The second-order valence-electron chi connectivity index (χ2n) is 2.84. The molecule has 0 saturated carbocycles. The number of nitrogens with zero attached hydrogens (tertiary/aromatic N) is 4. The topological polar surface area (TPSA) is 61.9 Å². The Labute approximate surface area is 92.1 Å². The van der Waals surface area contributed by atoms with Crippen LogP contribution in [0.25, 0.3) is 0 Å². The predicted octanol–water partition coefficient (Wildman–Crippen LogP) is 0.465. The molecule has 0 radical (unpaired) electrons. The minimum atomic E-state index is -0.381. The Bertz CT molecular complexity index is 409. The van der Waals surface area contributed by atoms with Gasteiger partial charge in [0.15, 0.2) is 0 Å². The molecule has 0 atom stereocenters. The fourth-order valence-electron chi connectivity index (χ4n) is 0.875. The Hall–Kier alpha value is -1.50. The van der Waals surface area contributed by atoms with Crippen molar-refractivity contribution in [3.63, 3.8) is 0 Å². The van der Waals surface area contributed by atoms with Crippen LogP contribution in [-0.4, -0.2) is 32.4 Å². The molecule has 0 N–H and O–H groups in total. The molecule has 0 spiro atoms. The maximum Gasteiger partial charge on any atom is 0.327 e. The standard InChI is InChI=1S/C8H12N4O2S/c1-3-4-5-14-7(13)6-12-8(15)11(2)9-10-12/h3H,1,4-6H2,2H3. The van der Waals surface area contributed by atoms with Gasteiger partial charge in [-0.2, -0.15) is 0 Å². The van der Waals surface area contributed by atoms with Gasteiger partial charge in [-0.1, -0.05) is 6.08 Å². The molecule has 0 fully saturated rings. The summed E-state index contributed by atoms with van der Waals surface area (Å²) in [6.07, 6.45) is 2.32. The fraction of sp³-hybridized carbons (Fsp3) is 0.500. The van der Waals surface area contributed by atoms with Crippen molar-refractivity contribution in [2.24, 2.45) is 7.05 Å². The van der Waals surface area contributed by atoms with Crippen LogP contribution in [0.5, 0.6) is 0 Å². The summed E-state index contributed by atoms with van der Waals surface area (Å²) in [5, 5.41) is 7.36. The summed E-state index contributed by atoms with van der Waals surface area (Å²) in [5.74, 6) is -0.381. The first kappa shape index (κ1) is 11.6. The number of tetrazole rings is 1. The molecule has 15 heavy (non-hydrogen) atoms. The van der Waals surface area contributed by atoms with E-state index in [9.17, 15) is 4.79 Å². The third kappa shape index (κ3) is 3.28. The Morgan fingerprint density at radius 3 is 2.93 bits per heavy atom. The summed E-state index contributed by atoms with van der Waals surface area (Å²) in [4.78, 5) is 11.2. The van der Waals surface area contributed by atoms with Crippen LogP contribution in [0, 0.1) is 4.77 Å². The van der Waals surface area contributed by atoms with Gasteiger partial charge < -0.3 is 4.74 Å². The first-order valence-corrected chi connectivity index (χ1v) is 4.79. The molecule has 0 aliphatic carbocycles. The quantitative estimate of drug-likeness (QED) is 0.317. The van der Waals surface area contributed by atoms with Gasteiger partial charge in [0.2, 0.25) is 4.77 Å². The van der Waals surface area contributed by atoms with Crippen LogP contribution in [0.3, 0.4) is 0 Å². The molecule has 1 aromatic rings. The summed E-state index contributed by atoms with van der Waals surface area (Å²) in [7, 11) is 1.66. The van der Waals surface area contributed by atoms with Gasteiger partial charge in [0.25, 0.3) is 0 Å². The van der Waals surface area contributed by atoms with E-state index in [1.54, 1.807) is 13.1 Å². The molecule has 1 rings (SSSR count). The second-order valence-corrected chi connectivity index (χ2v) is 3.21. The Kier molecular flexibility index (Phi) is 4.17. The van der Waals surface area contributed by atoms with Gasteiger partial charge in [-0.3, -0.25) is 4.79 Å². The van der Waals surface area contributed by atoms with E-state index in [2.05, 4.69) is 17.0 Å². The van der Waals surface area contributed by atoms with E-state index in [0.29, 0.717) is 17.8 Å². The van der Waals surface area contributed by atoms with Gasteiger partial charge in [-0.15, -0.1) is 6.58 Å². The molecule has 0 aliphatic rings. The van der Waals surface area contributed by atoms with Crippen molar-refractivity contribution in [3.8, 4) is 0 Å².